The average Bonchev–Trinajstić information content (AvgIpc) is 2.45. The minimum Gasteiger partial charge on any atom is -0.306 e. The number of halogens is 3. The molecule has 2 aromatic carbocycles. The quantitative estimate of drug-likeness (QED) is 0.818. The minimum absolute atomic E-state index is 0.391. The Hall–Kier alpha value is -1.45. The van der Waals surface area contributed by atoms with Gasteiger partial charge in [-0.3, -0.25) is 0 Å². The van der Waals surface area contributed by atoms with Crippen molar-refractivity contribution < 1.29 is 8.78 Å². The number of rotatable bonds is 5. The van der Waals surface area contributed by atoms with E-state index in [1.54, 1.807) is 0 Å². The summed E-state index contributed by atoms with van der Waals surface area (Å²) in [7, 11) is 0. The monoisotopic (exact) mass is 309 g/mol. The van der Waals surface area contributed by atoms with Gasteiger partial charge in [0.15, 0.2) is 0 Å². The Morgan fingerprint density at radius 3 is 2.57 bits per heavy atom. The smallest absolute Gasteiger partial charge is 0.131 e. The van der Waals surface area contributed by atoms with Crippen molar-refractivity contribution in [2.75, 3.05) is 6.54 Å². The van der Waals surface area contributed by atoms with Crippen LogP contribution in [0.4, 0.5) is 8.78 Å². The van der Waals surface area contributed by atoms with E-state index in [0.717, 1.165) is 23.6 Å². The number of hydrogen-bond donors (Lipinski definition) is 1. The third-order valence-electron chi connectivity index (χ3n) is 3.40. The summed E-state index contributed by atoms with van der Waals surface area (Å²) in [6.45, 7) is 4.65. The van der Waals surface area contributed by atoms with Crippen LogP contribution in [0.2, 0.25) is 5.02 Å². The molecular weight excluding hydrogens is 292 g/mol. The van der Waals surface area contributed by atoms with E-state index in [-0.39, 0.29) is 0 Å². The van der Waals surface area contributed by atoms with Gasteiger partial charge in [0.1, 0.15) is 11.6 Å². The van der Waals surface area contributed by atoms with Gasteiger partial charge in [-0.15, -0.1) is 0 Å². The zero-order valence-electron chi connectivity index (χ0n) is 12.1. The van der Waals surface area contributed by atoms with Gasteiger partial charge in [0.25, 0.3) is 0 Å². The lowest BCUT2D eigenvalue weighted by atomic mass is 9.96. The highest BCUT2D eigenvalue weighted by Crippen LogP contribution is 2.32. The fraction of sp³-hybridized carbons (Fsp3) is 0.294. The highest BCUT2D eigenvalue weighted by Gasteiger charge is 2.20. The normalized spacial score (nSPS) is 12.4. The fourth-order valence-corrected chi connectivity index (χ4v) is 2.54. The van der Waals surface area contributed by atoms with Crippen molar-refractivity contribution in [3.05, 3.63) is 69.7 Å². The molecule has 0 saturated carbocycles. The van der Waals surface area contributed by atoms with E-state index in [9.17, 15) is 8.78 Å². The van der Waals surface area contributed by atoms with E-state index in [1.165, 1.54) is 12.1 Å². The number of nitrogens with one attached hydrogen (secondary N) is 1. The lowest BCUT2D eigenvalue weighted by Crippen LogP contribution is -2.24. The molecule has 1 N–H and O–H groups in total. The molecule has 0 aliphatic carbocycles. The molecule has 1 nitrogen and oxygen atoms in total. The first-order valence-electron chi connectivity index (χ1n) is 6.98. The first-order chi connectivity index (χ1) is 10.0. The third-order valence-corrected chi connectivity index (χ3v) is 3.92. The second kappa shape index (κ2) is 7.01. The number of hydrogen-bond acceptors (Lipinski definition) is 1. The maximum absolute atomic E-state index is 14.1. The zero-order chi connectivity index (χ0) is 15.4. The number of aryl methyl sites for hydroxylation is 1. The molecule has 0 saturated heterocycles. The third kappa shape index (κ3) is 3.60. The van der Waals surface area contributed by atoms with Gasteiger partial charge in [0.05, 0.1) is 6.04 Å². The molecule has 112 valence electrons. The van der Waals surface area contributed by atoms with Crippen LogP contribution in [-0.4, -0.2) is 6.54 Å². The summed E-state index contributed by atoms with van der Waals surface area (Å²) in [5.41, 5.74) is 2.13. The van der Waals surface area contributed by atoms with E-state index in [2.05, 4.69) is 5.32 Å². The maximum atomic E-state index is 14.1. The molecule has 0 fully saturated rings. The first-order valence-corrected chi connectivity index (χ1v) is 7.35. The summed E-state index contributed by atoms with van der Waals surface area (Å²) in [5, 5.41) is 3.89. The van der Waals surface area contributed by atoms with E-state index in [4.69, 9.17) is 11.6 Å². The Morgan fingerprint density at radius 1 is 1.14 bits per heavy atom. The van der Waals surface area contributed by atoms with Gasteiger partial charge in [-0.05, 0) is 37.1 Å². The fourth-order valence-electron chi connectivity index (χ4n) is 2.30. The van der Waals surface area contributed by atoms with Crippen LogP contribution in [-0.2, 0) is 0 Å². The molecule has 21 heavy (non-hydrogen) atoms. The summed E-state index contributed by atoms with van der Waals surface area (Å²) in [6, 6.07) is 8.91. The highest BCUT2D eigenvalue weighted by molar-refractivity contribution is 6.32. The standard InChI is InChI=1S/C17H18ClF2N/c1-3-9-21-17(13-8-7-12(19)10-15(13)20)14-6-4-5-11(2)16(14)18/h4-8,10,17,21H,3,9H2,1-2H3. The molecule has 1 unspecified atom stereocenters. The van der Waals surface area contributed by atoms with Crippen LogP contribution in [0.3, 0.4) is 0 Å². The summed E-state index contributed by atoms with van der Waals surface area (Å²) in [5.74, 6) is -1.15. The molecule has 0 bridgehead atoms. The molecule has 0 aromatic heterocycles. The van der Waals surface area contributed by atoms with Gasteiger partial charge in [-0.1, -0.05) is 42.8 Å². The molecule has 0 aliphatic rings. The van der Waals surface area contributed by atoms with Crippen molar-refractivity contribution in [1.82, 2.24) is 5.32 Å². The van der Waals surface area contributed by atoms with Crippen molar-refractivity contribution in [3.63, 3.8) is 0 Å². The molecular formula is C17H18ClF2N. The number of benzene rings is 2. The zero-order valence-corrected chi connectivity index (χ0v) is 12.8. The molecule has 2 rings (SSSR count). The molecule has 4 heteroatoms. The minimum atomic E-state index is -0.583. The van der Waals surface area contributed by atoms with E-state index in [0.29, 0.717) is 17.1 Å². The van der Waals surface area contributed by atoms with Gasteiger partial charge in [-0.25, -0.2) is 8.78 Å². The molecule has 0 radical (unpaired) electrons. The van der Waals surface area contributed by atoms with Crippen LogP contribution >= 0.6 is 11.6 Å². The van der Waals surface area contributed by atoms with Crippen molar-refractivity contribution in [1.29, 1.82) is 0 Å². The van der Waals surface area contributed by atoms with Gasteiger partial charge in [0, 0.05) is 16.7 Å². The van der Waals surface area contributed by atoms with Crippen LogP contribution in [0.5, 0.6) is 0 Å². The van der Waals surface area contributed by atoms with E-state index >= 15 is 0 Å². The molecule has 2 aromatic rings. The Balaban J connectivity index is 2.49. The van der Waals surface area contributed by atoms with Crippen molar-refractivity contribution in [3.8, 4) is 0 Å². The largest absolute Gasteiger partial charge is 0.306 e. The second-order valence-electron chi connectivity index (χ2n) is 5.03. The van der Waals surface area contributed by atoms with Crippen molar-refractivity contribution >= 4 is 11.6 Å². The predicted molar refractivity (Wildman–Crippen MR) is 82.7 cm³/mol. The van der Waals surface area contributed by atoms with Crippen LogP contribution in [0.1, 0.15) is 36.1 Å². The summed E-state index contributed by atoms with van der Waals surface area (Å²) < 4.78 is 27.2. The van der Waals surface area contributed by atoms with E-state index < -0.39 is 17.7 Å². The van der Waals surface area contributed by atoms with Crippen LogP contribution in [0, 0.1) is 18.6 Å². The maximum Gasteiger partial charge on any atom is 0.131 e. The van der Waals surface area contributed by atoms with Crippen LogP contribution in [0.25, 0.3) is 0 Å². The average molecular weight is 310 g/mol. The molecule has 0 heterocycles. The van der Waals surface area contributed by atoms with Crippen LogP contribution < -0.4 is 5.32 Å². The Kier molecular flexibility index (Phi) is 5.32. The predicted octanol–water partition coefficient (Wildman–Crippen LogP) is 5.02. The molecule has 1 atom stereocenters. The summed E-state index contributed by atoms with van der Waals surface area (Å²) >= 11 is 6.36. The molecule has 0 amide bonds. The van der Waals surface area contributed by atoms with Crippen molar-refractivity contribution in [2.45, 2.75) is 26.3 Å². The Labute approximate surface area is 128 Å². The van der Waals surface area contributed by atoms with Gasteiger partial charge < -0.3 is 5.32 Å². The second-order valence-corrected chi connectivity index (χ2v) is 5.41. The molecule has 0 spiro atoms. The molecule has 0 aliphatic heterocycles. The topological polar surface area (TPSA) is 12.0 Å². The first kappa shape index (κ1) is 15.9. The lowest BCUT2D eigenvalue weighted by Gasteiger charge is -2.22. The van der Waals surface area contributed by atoms with Gasteiger partial charge in [0.2, 0.25) is 0 Å². The van der Waals surface area contributed by atoms with Crippen molar-refractivity contribution in [2.24, 2.45) is 0 Å². The highest BCUT2D eigenvalue weighted by atomic mass is 35.5. The van der Waals surface area contributed by atoms with E-state index in [1.807, 2.05) is 32.0 Å². The van der Waals surface area contributed by atoms with Gasteiger partial charge in [-0.2, -0.15) is 0 Å². The van der Waals surface area contributed by atoms with Crippen LogP contribution in [0.15, 0.2) is 36.4 Å². The summed E-state index contributed by atoms with van der Waals surface area (Å²) in [6.07, 6.45) is 0.906. The van der Waals surface area contributed by atoms with Gasteiger partial charge >= 0.3 is 0 Å². The lowest BCUT2D eigenvalue weighted by molar-refractivity contribution is 0.532. The Bertz CT molecular complexity index is 628. The Morgan fingerprint density at radius 2 is 1.90 bits per heavy atom. The summed E-state index contributed by atoms with van der Waals surface area (Å²) in [4.78, 5) is 0. The SMILES string of the molecule is CCCNC(c1ccc(F)cc1F)c1cccc(C)c1Cl.